The molecule has 1 aromatic rings. The molecule has 1 unspecified atom stereocenters. The van der Waals surface area contributed by atoms with Crippen LogP contribution in [0, 0.1) is 0 Å². The van der Waals surface area contributed by atoms with Gasteiger partial charge in [0.1, 0.15) is 11.5 Å². The van der Waals surface area contributed by atoms with E-state index in [4.69, 9.17) is 9.47 Å². The molecule has 1 aromatic carbocycles. The molecule has 1 N–H and O–H groups in total. The van der Waals surface area contributed by atoms with Gasteiger partial charge in [-0.25, -0.2) is 0 Å². The first kappa shape index (κ1) is 12.4. The molecule has 88 valence electrons. The van der Waals surface area contributed by atoms with Gasteiger partial charge in [-0.2, -0.15) is 0 Å². The first-order valence-electron chi connectivity index (χ1n) is 5.23. The second-order valence-corrected chi connectivity index (χ2v) is 3.30. The van der Waals surface area contributed by atoms with Crippen molar-refractivity contribution in [2.45, 2.75) is 19.4 Å². The smallest absolute Gasteiger partial charge is 0.260 e. The molecule has 0 spiro atoms. The first-order chi connectivity index (χ1) is 7.71. The summed E-state index contributed by atoms with van der Waals surface area (Å²) in [6.45, 7) is 1.91. The van der Waals surface area contributed by atoms with Crippen LogP contribution in [0.1, 0.15) is 13.3 Å². The number of hydrogen-bond donors (Lipinski definition) is 1. The normalized spacial score (nSPS) is 11.7. The summed E-state index contributed by atoms with van der Waals surface area (Å²) < 4.78 is 10.6. The van der Waals surface area contributed by atoms with Crippen LogP contribution in [0.25, 0.3) is 0 Å². The maximum Gasteiger partial charge on any atom is 0.260 e. The van der Waals surface area contributed by atoms with Gasteiger partial charge in [-0.3, -0.25) is 4.79 Å². The van der Waals surface area contributed by atoms with Gasteiger partial charge in [0.2, 0.25) is 0 Å². The Labute approximate surface area is 95.6 Å². The van der Waals surface area contributed by atoms with E-state index < -0.39 is 6.10 Å². The summed E-state index contributed by atoms with van der Waals surface area (Å²) in [6, 6.07) is 7.16. The Balaban J connectivity index is 2.66. The first-order valence-corrected chi connectivity index (χ1v) is 5.23. The summed E-state index contributed by atoms with van der Waals surface area (Å²) in [5.41, 5.74) is 0. The second-order valence-electron chi connectivity index (χ2n) is 3.30. The van der Waals surface area contributed by atoms with E-state index in [0.717, 1.165) is 5.75 Å². The van der Waals surface area contributed by atoms with Crippen LogP contribution in [0.5, 0.6) is 11.5 Å². The van der Waals surface area contributed by atoms with Crippen molar-refractivity contribution in [2.24, 2.45) is 0 Å². The number of amides is 1. The van der Waals surface area contributed by atoms with Crippen LogP contribution in [0.4, 0.5) is 0 Å². The minimum atomic E-state index is -0.446. The molecule has 0 heterocycles. The average Bonchev–Trinajstić information content (AvgIpc) is 2.35. The fraction of sp³-hybridized carbons (Fsp3) is 0.417. The van der Waals surface area contributed by atoms with E-state index in [-0.39, 0.29) is 5.91 Å². The predicted octanol–water partition coefficient (Wildman–Crippen LogP) is 1.60. The van der Waals surface area contributed by atoms with Gasteiger partial charge in [-0.05, 0) is 30.7 Å². The van der Waals surface area contributed by atoms with Gasteiger partial charge in [-0.15, -0.1) is 0 Å². The van der Waals surface area contributed by atoms with Crippen LogP contribution < -0.4 is 14.8 Å². The lowest BCUT2D eigenvalue weighted by Gasteiger charge is -2.15. The lowest BCUT2D eigenvalue weighted by Crippen LogP contribution is -2.35. The molecule has 0 saturated heterocycles. The Hall–Kier alpha value is -1.71. The zero-order valence-electron chi connectivity index (χ0n) is 9.82. The van der Waals surface area contributed by atoms with Crippen molar-refractivity contribution in [3.8, 4) is 11.5 Å². The van der Waals surface area contributed by atoms with Crippen LogP contribution >= 0.6 is 0 Å². The van der Waals surface area contributed by atoms with Crippen molar-refractivity contribution in [2.75, 3.05) is 14.2 Å². The topological polar surface area (TPSA) is 47.6 Å². The second kappa shape index (κ2) is 6.00. The third-order valence-corrected chi connectivity index (χ3v) is 2.25. The number of hydrogen-bond acceptors (Lipinski definition) is 3. The number of carbonyl (C=O) groups is 1. The Bertz CT molecular complexity index is 335. The van der Waals surface area contributed by atoms with Gasteiger partial charge in [-0.1, -0.05) is 6.92 Å². The Morgan fingerprint density at radius 3 is 2.31 bits per heavy atom. The summed E-state index contributed by atoms with van der Waals surface area (Å²) in [5, 5.41) is 2.57. The van der Waals surface area contributed by atoms with Gasteiger partial charge >= 0.3 is 0 Å². The fourth-order valence-electron chi connectivity index (χ4n) is 1.30. The highest BCUT2D eigenvalue weighted by atomic mass is 16.5. The number of nitrogens with one attached hydrogen (secondary N) is 1. The maximum absolute atomic E-state index is 11.4. The van der Waals surface area contributed by atoms with E-state index >= 15 is 0 Å². The van der Waals surface area contributed by atoms with Crippen LogP contribution in [-0.2, 0) is 4.79 Å². The third kappa shape index (κ3) is 3.15. The Morgan fingerprint density at radius 2 is 1.88 bits per heavy atom. The van der Waals surface area contributed by atoms with Crippen LogP contribution in [0.15, 0.2) is 24.3 Å². The quantitative estimate of drug-likeness (QED) is 0.824. The van der Waals surface area contributed by atoms with Crippen molar-refractivity contribution < 1.29 is 14.3 Å². The molecular weight excluding hydrogens is 206 g/mol. The van der Waals surface area contributed by atoms with Crippen LogP contribution in [-0.4, -0.2) is 26.2 Å². The van der Waals surface area contributed by atoms with E-state index in [2.05, 4.69) is 5.32 Å². The van der Waals surface area contributed by atoms with E-state index in [1.54, 1.807) is 38.4 Å². The minimum Gasteiger partial charge on any atom is -0.497 e. The molecule has 0 aromatic heterocycles. The van der Waals surface area contributed by atoms with Crippen molar-refractivity contribution >= 4 is 5.91 Å². The molecule has 1 amide bonds. The lowest BCUT2D eigenvalue weighted by molar-refractivity contribution is -0.127. The molecule has 0 bridgehead atoms. The number of benzene rings is 1. The average molecular weight is 223 g/mol. The van der Waals surface area contributed by atoms with Gasteiger partial charge in [0.05, 0.1) is 7.11 Å². The standard InChI is InChI=1S/C12H17NO3/c1-4-11(12(14)13-2)16-10-7-5-9(15-3)6-8-10/h5-8,11H,4H2,1-3H3,(H,13,14). The van der Waals surface area contributed by atoms with E-state index in [0.29, 0.717) is 12.2 Å². The zero-order chi connectivity index (χ0) is 12.0. The molecule has 0 saturated carbocycles. The van der Waals surface area contributed by atoms with Crippen molar-refractivity contribution in [1.82, 2.24) is 5.32 Å². The molecule has 0 aliphatic rings. The maximum atomic E-state index is 11.4. The van der Waals surface area contributed by atoms with Crippen LogP contribution in [0.3, 0.4) is 0 Å². The van der Waals surface area contributed by atoms with Gasteiger partial charge in [0.25, 0.3) is 5.91 Å². The molecule has 1 atom stereocenters. The molecule has 0 aliphatic heterocycles. The largest absolute Gasteiger partial charge is 0.497 e. The Kier molecular flexibility index (Phi) is 4.64. The zero-order valence-corrected chi connectivity index (χ0v) is 9.82. The molecule has 1 rings (SSSR count). The highest BCUT2D eigenvalue weighted by molar-refractivity contribution is 5.80. The third-order valence-electron chi connectivity index (χ3n) is 2.25. The highest BCUT2D eigenvalue weighted by Crippen LogP contribution is 2.18. The van der Waals surface area contributed by atoms with Crippen LogP contribution in [0.2, 0.25) is 0 Å². The number of ether oxygens (including phenoxy) is 2. The van der Waals surface area contributed by atoms with E-state index in [9.17, 15) is 4.79 Å². The summed E-state index contributed by atoms with van der Waals surface area (Å²) >= 11 is 0. The number of carbonyl (C=O) groups excluding carboxylic acids is 1. The van der Waals surface area contributed by atoms with Crippen molar-refractivity contribution in [3.63, 3.8) is 0 Å². The van der Waals surface area contributed by atoms with Crippen molar-refractivity contribution in [3.05, 3.63) is 24.3 Å². The summed E-state index contributed by atoms with van der Waals surface area (Å²) in [7, 11) is 3.21. The SMILES string of the molecule is CCC(Oc1ccc(OC)cc1)C(=O)NC. The molecule has 4 nitrogen and oxygen atoms in total. The van der Waals surface area contributed by atoms with Crippen molar-refractivity contribution in [1.29, 1.82) is 0 Å². The molecule has 4 heteroatoms. The Morgan fingerprint density at radius 1 is 1.31 bits per heavy atom. The van der Waals surface area contributed by atoms with Gasteiger partial charge in [0, 0.05) is 7.05 Å². The summed E-state index contributed by atoms with van der Waals surface area (Å²) in [4.78, 5) is 11.4. The highest BCUT2D eigenvalue weighted by Gasteiger charge is 2.16. The number of methoxy groups -OCH3 is 1. The molecular formula is C12H17NO3. The molecule has 0 fully saturated rings. The molecule has 16 heavy (non-hydrogen) atoms. The minimum absolute atomic E-state index is 0.113. The van der Waals surface area contributed by atoms with E-state index in [1.165, 1.54) is 0 Å². The summed E-state index contributed by atoms with van der Waals surface area (Å²) in [5.74, 6) is 1.31. The predicted molar refractivity (Wildman–Crippen MR) is 61.8 cm³/mol. The summed E-state index contributed by atoms with van der Waals surface area (Å²) in [6.07, 6.45) is 0.185. The monoisotopic (exact) mass is 223 g/mol. The number of likely N-dealkylation sites (N-methyl/N-ethyl adjacent to an activating group) is 1. The molecule has 0 aliphatic carbocycles. The fourth-order valence-corrected chi connectivity index (χ4v) is 1.30. The van der Waals surface area contributed by atoms with E-state index in [1.807, 2.05) is 6.92 Å². The lowest BCUT2D eigenvalue weighted by atomic mass is 10.2. The van der Waals surface area contributed by atoms with Gasteiger partial charge in [0.15, 0.2) is 6.10 Å². The molecule has 0 radical (unpaired) electrons. The van der Waals surface area contributed by atoms with Gasteiger partial charge < -0.3 is 14.8 Å². The number of rotatable bonds is 5.